The molecule has 0 bridgehead atoms. The molecular formula is C11H10N2O3. The zero-order valence-corrected chi connectivity index (χ0v) is 8.77. The molecule has 16 heavy (non-hydrogen) atoms. The number of rotatable bonds is 3. The Morgan fingerprint density at radius 3 is 2.69 bits per heavy atom. The van der Waals surface area contributed by atoms with Crippen LogP contribution < -0.4 is 4.74 Å². The molecule has 5 heteroatoms. The van der Waals surface area contributed by atoms with Crippen molar-refractivity contribution in [3.05, 3.63) is 33.9 Å². The molecule has 0 unspecified atom stereocenters. The van der Waals surface area contributed by atoms with E-state index in [1.54, 1.807) is 12.1 Å². The Bertz CT molecular complexity index is 486. The molecule has 0 N–H and O–H groups in total. The van der Waals surface area contributed by atoms with Gasteiger partial charge in [-0.25, -0.2) is 0 Å². The van der Waals surface area contributed by atoms with E-state index in [1.807, 2.05) is 0 Å². The molecule has 5 nitrogen and oxygen atoms in total. The fraction of sp³-hybridized carbons (Fsp3) is 0.364. The van der Waals surface area contributed by atoms with E-state index in [4.69, 9.17) is 10.00 Å². The van der Waals surface area contributed by atoms with Crippen molar-refractivity contribution in [3.63, 3.8) is 0 Å². The Hall–Kier alpha value is -2.09. The molecule has 1 aliphatic carbocycles. The van der Waals surface area contributed by atoms with E-state index in [2.05, 4.69) is 6.07 Å². The molecule has 0 radical (unpaired) electrons. The highest BCUT2D eigenvalue weighted by molar-refractivity contribution is 5.55. The smallest absolute Gasteiger partial charge is 0.277 e. The predicted molar refractivity (Wildman–Crippen MR) is 56.2 cm³/mol. The highest BCUT2D eigenvalue weighted by atomic mass is 16.6. The Balaban J connectivity index is 2.54. The van der Waals surface area contributed by atoms with Crippen molar-refractivity contribution in [2.45, 2.75) is 18.3 Å². The predicted octanol–water partition coefficient (Wildman–Crippen LogP) is 2.16. The number of benzene rings is 1. The van der Waals surface area contributed by atoms with E-state index >= 15 is 0 Å². The van der Waals surface area contributed by atoms with Crippen LogP contribution in [0.4, 0.5) is 5.69 Å². The van der Waals surface area contributed by atoms with Crippen LogP contribution in [0.2, 0.25) is 0 Å². The van der Waals surface area contributed by atoms with Crippen molar-refractivity contribution in [1.29, 1.82) is 5.26 Å². The minimum absolute atomic E-state index is 0.0293. The highest BCUT2D eigenvalue weighted by Gasteiger charge is 2.48. The molecule has 0 aliphatic heterocycles. The van der Waals surface area contributed by atoms with Gasteiger partial charge in [-0.3, -0.25) is 10.1 Å². The van der Waals surface area contributed by atoms with Crippen molar-refractivity contribution < 1.29 is 9.66 Å². The first kappa shape index (κ1) is 10.4. The van der Waals surface area contributed by atoms with Crippen LogP contribution in [0.5, 0.6) is 5.75 Å². The third-order valence-corrected chi connectivity index (χ3v) is 2.88. The van der Waals surface area contributed by atoms with Crippen LogP contribution >= 0.6 is 0 Å². The van der Waals surface area contributed by atoms with E-state index in [1.165, 1.54) is 13.2 Å². The zero-order chi connectivity index (χ0) is 11.8. The molecule has 0 aromatic heterocycles. The SMILES string of the molecule is COc1ccc(C2(C#N)CC2)c([N+](=O)[O-])c1. The Kier molecular flexibility index (Phi) is 2.27. The molecule has 1 fully saturated rings. The second-order valence-electron chi connectivity index (χ2n) is 3.83. The van der Waals surface area contributed by atoms with Gasteiger partial charge in [-0.1, -0.05) is 0 Å². The lowest BCUT2D eigenvalue weighted by atomic mass is 9.96. The van der Waals surface area contributed by atoms with Crippen LogP contribution in [0, 0.1) is 21.4 Å². The van der Waals surface area contributed by atoms with Gasteiger partial charge in [0, 0.05) is 0 Å². The fourth-order valence-electron chi connectivity index (χ4n) is 1.76. The van der Waals surface area contributed by atoms with Crippen LogP contribution in [-0.2, 0) is 5.41 Å². The van der Waals surface area contributed by atoms with E-state index in [-0.39, 0.29) is 5.69 Å². The standard InChI is InChI=1S/C11H10N2O3/c1-16-8-2-3-9(10(6-8)13(14)15)11(7-12)4-5-11/h2-3,6H,4-5H2,1H3. The molecule has 1 aliphatic rings. The van der Waals surface area contributed by atoms with Gasteiger partial charge in [0.05, 0.1) is 35.1 Å². The minimum atomic E-state index is -0.644. The first-order valence-electron chi connectivity index (χ1n) is 4.87. The maximum Gasteiger partial charge on any atom is 0.277 e. The maximum atomic E-state index is 10.9. The van der Waals surface area contributed by atoms with E-state index in [9.17, 15) is 10.1 Å². The Morgan fingerprint density at radius 2 is 2.25 bits per heavy atom. The van der Waals surface area contributed by atoms with Gasteiger partial charge < -0.3 is 4.74 Å². The van der Waals surface area contributed by atoms with Crippen LogP contribution in [0.1, 0.15) is 18.4 Å². The van der Waals surface area contributed by atoms with Gasteiger partial charge in [0.25, 0.3) is 5.69 Å². The summed E-state index contributed by atoms with van der Waals surface area (Å²) < 4.78 is 4.94. The molecule has 2 rings (SSSR count). The Morgan fingerprint density at radius 1 is 1.56 bits per heavy atom. The quantitative estimate of drug-likeness (QED) is 0.575. The maximum absolute atomic E-state index is 10.9. The summed E-state index contributed by atoms with van der Waals surface area (Å²) in [6, 6.07) is 6.79. The van der Waals surface area contributed by atoms with Crippen LogP contribution in [0.3, 0.4) is 0 Å². The van der Waals surface area contributed by atoms with Crippen molar-refractivity contribution in [3.8, 4) is 11.8 Å². The number of nitrogens with zero attached hydrogens (tertiary/aromatic N) is 2. The average Bonchev–Trinajstić information content (AvgIpc) is 3.09. The van der Waals surface area contributed by atoms with Gasteiger partial charge >= 0.3 is 0 Å². The van der Waals surface area contributed by atoms with E-state index < -0.39 is 10.3 Å². The van der Waals surface area contributed by atoms with Gasteiger partial charge in [-0.05, 0) is 25.0 Å². The third kappa shape index (κ3) is 1.48. The second-order valence-corrected chi connectivity index (χ2v) is 3.83. The number of nitro groups is 1. The van der Waals surface area contributed by atoms with E-state index in [0.29, 0.717) is 24.2 Å². The molecule has 0 atom stereocenters. The largest absolute Gasteiger partial charge is 0.497 e. The van der Waals surface area contributed by atoms with Gasteiger partial charge in [-0.2, -0.15) is 5.26 Å². The van der Waals surface area contributed by atoms with Gasteiger partial charge in [-0.15, -0.1) is 0 Å². The lowest BCUT2D eigenvalue weighted by Crippen LogP contribution is -2.07. The van der Waals surface area contributed by atoms with Gasteiger partial charge in [0.1, 0.15) is 5.75 Å². The normalized spacial score (nSPS) is 16.2. The average molecular weight is 218 g/mol. The van der Waals surface area contributed by atoms with Gasteiger partial charge in [0.2, 0.25) is 0 Å². The summed E-state index contributed by atoms with van der Waals surface area (Å²) in [4.78, 5) is 10.5. The molecule has 1 aromatic carbocycles. The fourth-order valence-corrected chi connectivity index (χ4v) is 1.76. The highest BCUT2D eigenvalue weighted by Crippen LogP contribution is 2.51. The monoisotopic (exact) mass is 218 g/mol. The molecular weight excluding hydrogens is 208 g/mol. The molecule has 0 saturated heterocycles. The molecule has 1 aromatic rings. The zero-order valence-electron chi connectivity index (χ0n) is 8.77. The minimum Gasteiger partial charge on any atom is -0.497 e. The van der Waals surface area contributed by atoms with Crippen molar-refractivity contribution in [2.75, 3.05) is 7.11 Å². The second kappa shape index (κ2) is 3.49. The van der Waals surface area contributed by atoms with Gasteiger partial charge in [0.15, 0.2) is 0 Å². The molecule has 82 valence electrons. The van der Waals surface area contributed by atoms with Crippen LogP contribution in [0.25, 0.3) is 0 Å². The molecule has 0 heterocycles. The van der Waals surface area contributed by atoms with Crippen molar-refractivity contribution >= 4 is 5.69 Å². The summed E-state index contributed by atoms with van der Waals surface area (Å²) >= 11 is 0. The molecule has 0 amide bonds. The van der Waals surface area contributed by atoms with E-state index in [0.717, 1.165) is 0 Å². The third-order valence-electron chi connectivity index (χ3n) is 2.88. The number of ether oxygens (including phenoxy) is 1. The van der Waals surface area contributed by atoms with Crippen molar-refractivity contribution in [1.82, 2.24) is 0 Å². The summed E-state index contributed by atoms with van der Waals surface area (Å²) in [6.07, 6.45) is 1.38. The lowest BCUT2D eigenvalue weighted by molar-refractivity contribution is -0.385. The Labute approximate surface area is 92.4 Å². The number of nitro benzene ring substituents is 1. The first-order valence-corrected chi connectivity index (χ1v) is 4.87. The van der Waals surface area contributed by atoms with Crippen LogP contribution in [-0.4, -0.2) is 12.0 Å². The summed E-state index contributed by atoms with van der Waals surface area (Å²) in [7, 11) is 1.45. The summed E-state index contributed by atoms with van der Waals surface area (Å²) in [5.74, 6) is 0.434. The number of methoxy groups -OCH3 is 1. The summed E-state index contributed by atoms with van der Waals surface area (Å²) in [5, 5.41) is 20.0. The number of hydrogen-bond donors (Lipinski definition) is 0. The number of nitriles is 1. The summed E-state index contributed by atoms with van der Waals surface area (Å²) in [6.45, 7) is 0. The topological polar surface area (TPSA) is 76.2 Å². The lowest BCUT2D eigenvalue weighted by Gasteiger charge is -2.08. The van der Waals surface area contributed by atoms with Crippen molar-refractivity contribution in [2.24, 2.45) is 0 Å². The summed E-state index contributed by atoms with van der Waals surface area (Å²) in [5.41, 5.74) is -0.173. The number of hydrogen-bond acceptors (Lipinski definition) is 4. The first-order chi connectivity index (χ1) is 7.63. The molecule has 0 spiro atoms. The molecule has 1 saturated carbocycles. The van der Waals surface area contributed by atoms with Crippen LogP contribution in [0.15, 0.2) is 18.2 Å².